The van der Waals surface area contributed by atoms with Crippen molar-refractivity contribution >= 4 is 34.3 Å². The molecule has 7 heteroatoms. The molecule has 0 unspecified atom stereocenters. The van der Waals surface area contributed by atoms with Crippen molar-refractivity contribution < 1.29 is 9.52 Å². The van der Waals surface area contributed by atoms with E-state index in [4.69, 9.17) is 16.0 Å². The topological polar surface area (TPSA) is 68.3 Å². The monoisotopic (exact) mass is 398 g/mol. The number of hydrogen-bond donors (Lipinski definition) is 1. The first kappa shape index (κ1) is 17.9. The van der Waals surface area contributed by atoms with E-state index < -0.39 is 5.63 Å². The summed E-state index contributed by atoms with van der Waals surface area (Å²) in [7, 11) is 0. The Morgan fingerprint density at radius 1 is 1.15 bits per heavy atom. The summed E-state index contributed by atoms with van der Waals surface area (Å²) < 4.78 is 7.31. The standard InChI is InChI=1S/C20H15ClN2O3S/c21-14-5-7-15(8-6-14)23-12-17(22-20(23)27-10-9-24)16-11-13-3-1-2-4-18(13)26-19(16)25/h1-8,11-12,24H,9-10H2. The van der Waals surface area contributed by atoms with Crippen LogP contribution >= 0.6 is 23.4 Å². The number of hydrogen-bond acceptors (Lipinski definition) is 5. The first-order chi connectivity index (χ1) is 13.2. The molecule has 0 bridgehead atoms. The number of imidazole rings is 1. The molecule has 2 aromatic heterocycles. The van der Waals surface area contributed by atoms with E-state index >= 15 is 0 Å². The predicted octanol–water partition coefficient (Wildman–Crippen LogP) is 4.38. The van der Waals surface area contributed by atoms with Crippen LogP contribution in [0.2, 0.25) is 5.02 Å². The fourth-order valence-electron chi connectivity index (χ4n) is 2.76. The van der Waals surface area contributed by atoms with E-state index in [-0.39, 0.29) is 6.61 Å². The van der Waals surface area contributed by atoms with Crippen LogP contribution in [0.4, 0.5) is 0 Å². The highest BCUT2D eigenvalue weighted by Crippen LogP contribution is 2.28. The molecule has 2 heterocycles. The molecule has 0 aliphatic rings. The van der Waals surface area contributed by atoms with Crippen LogP contribution in [0.1, 0.15) is 0 Å². The van der Waals surface area contributed by atoms with Gasteiger partial charge in [-0.2, -0.15) is 0 Å². The molecule has 5 nitrogen and oxygen atoms in total. The summed E-state index contributed by atoms with van der Waals surface area (Å²) in [5.74, 6) is 0.496. The molecule has 27 heavy (non-hydrogen) atoms. The third-order valence-corrected chi connectivity index (χ3v) is 5.20. The molecule has 1 N–H and O–H groups in total. The second-order valence-corrected chi connectivity index (χ2v) is 7.31. The fourth-order valence-corrected chi connectivity index (χ4v) is 3.62. The molecule has 0 radical (unpaired) electrons. The molecule has 0 aliphatic heterocycles. The minimum absolute atomic E-state index is 0.0333. The second kappa shape index (κ2) is 7.60. The lowest BCUT2D eigenvalue weighted by atomic mass is 10.1. The lowest BCUT2D eigenvalue weighted by Gasteiger charge is -2.06. The maximum Gasteiger partial charge on any atom is 0.345 e. The zero-order chi connectivity index (χ0) is 18.8. The van der Waals surface area contributed by atoms with Gasteiger partial charge in [-0.05, 0) is 36.4 Å². The molecule has 4 aromatic rings. The Morgan fingerprint density at radius 3 is 2.70 bits per heavy atom. The molecule has 0 saturated carbocycles. The number of aromatic nitrogens is 2. The minimum atomic E-state index is -0.437. The van der Waals surface area contributed by atoms with Crippen LogP contribution in [-0.2, 0) is 0 Å². The van der Waals surface area contributed by atoms with E-state index in [1.165, 1.54) is 11.8 Å². The third kappa shape index (κ3) is 3.64. The highest BCUT2D eigenvalue weighted by molar-refractivity contribution is 7.99. The van der Waals surface area contributed by atoms with E-state index in [1.54, 1.807) is 30.5 Å². The van der Waals surface area contributed by atoms with Gasteiger partial charge in [-0.15, -0.1) is 0 Å². The van der Waals surface area contributed by atoms with Crippen molar-refractivity contribution in [3.63, 3.8) is 0 Å². The summed E-state index contributed by atoms with van der Waals surface area (Å²) >= 11 is 7.39. The van der Waals surface area contributed by atoms with Crippen molar-refractivity contribution in [3.8, 4) is 16.9 Å². The van der Waals surface area contributed by atoms with E-state index in [0.717, 1.165) is 11.1 Å². The van der Waals surface area contributed by atoms with E-state index in [0.29, 0.717) is 32.8 Å². The van der Waals surface area contributed by atoms with E-state index in [9.17, 15) is 9.90 Å². The summed E-state index contributed by atoms with van der Waals surface area (Å²) in [5, 5.41) is 11.3. The quantitative estimate of drug-likeness (QED) is 0.399. The van der Waals surface area contributed by atoms with Gasteiger partial charge in [0.2, 0.25) is 0 Å². The number of benzene rings is 2. The average Bonchev–Trinajstić information content (AvgIpc) is 3.10. The Hall–Kier alpha value is -2.54. The van der Waals surface area contributed by atoms with Crippen molar-refractivity contribution in [1.29, 1.82) is 0 Å². The largest absolute Gasteiger partial charge is 0.422 e. The van der Waals surface area contributed by atoms with E-state index in [2.05, 4.69) is 4.98 Å². The van der Waals surface area contributed by atoms with Crippen LogP contribution in [0, 0.1) is 0 Å². The highest BCUT2D eigenvalue weighted by atomic mass is 35.5. The first-order valence-electron chi connectivity index (χ1n) is 8.28. The smallest absolute Gasteiger partial charge is 0.345 e. The van der Waals surface area contributed by atoms with Crippen LogP contribution in [0.15, 0.2) is 75.2 Å². The summed E-state index contributed by atoms with van der Waals surface area (Å²) in [6.45, 7) is 0.0333. The molecule has 0 fully saturated rings. The predicted molar refractivity (Wildman–Crippen MR) is 108 cm³/mol. The molecular formula is C20H15ClN2O3S. The summed E-state index contributed by atoms with van der Waals surface area (Å²) in [4.78, 5) is 17.1. The lowest BCUT2D eigenvalue weighted by molar-refractivity contribution is 0.322. The van der Waals surface area contributed by atoms with Crippen LogP contribution < -0.4 is 5.63 Å². The molecule has 0 amide bonds. The molecule has 0 saturated heterocycles. The van der Waals surface area contributed by atoms with Crippen molar-refractivity contribution in [2.45, 2.75) is 5.16 Å². The van der Waals surface area contributed by atoms with Crippen LogP contribution in [-0.4, -0.2) is 27.0 Å². The number of para-hydroxylation sites is 1. The number of nitrogens with zero attached hydrogens (tertiary/aromatic N) is 2. The summed E-state index contributed by atoms with van der Waals surface area (Å²) in [5.41, 5.74) is 1.88. The molecular weight excluding hydrogens is 384 g/mol. The van der Waals surface area contributed by atoms with Crippen LogP contribution in [0.3, 0.4) is 0 Å². The average molecular weight is 399 g/mol. The Bertz CT molecular complexity index is 1150. The van der Waals surface area contributed by atoms with Crippen LogP contribution in [0.25, 0.3) is 27.9 Å². The van der Waals surface area contributed by atoms with Gasteiger partial charge in [0.15, 0.2) is 5.16 Å². The summed E-state index contributed by atoms with van der Waals surface area (Å²) in [6, 6.07) is 16.5. The number of halogens is 1. The number of thioether (sulfide) groups is 1. The zero-order valence-corrected chi connectivity index (χ0v) is 15.7. The number of rotatable bonds is 5. The lowest BCUT2D eigenvalue weighted by Crippen LogP contribution is -2.02. The molecule has 0 atom stereocenters. The van der Waals surface area contributed by atoms with Gasteiger partial charge in [0.1, 0.15) is 5.58 Å². The fraction of sp³-hybridized carbons (Fsp3) is 0.100. The maximum atomic E-state index is 12.5. The minimum Gasteiger partial charge on any atom is -0.422 e. The summed E-state index contributed by atoms with van der Waals surface area (Å²) in [6.07, 6.45) is 1.80. The molecule has 136 valence electrons. The van der Waals surface area contributed by atoms with Gasteiger partial charge in [0.25, 0.3) is 0 Å². The Labute approximate surface area is 164 Å². The molecule has 2 aromatic carbocycles. The Morgan fingerprint density at radius 2 is 1.93 bits per heavy atom. The van der Waals surface area contributed by atoms with E-state index in [1.807, 2.05) is 34.9 Å². The van der Waals surface area contributed by atoms with Crippen molar-refractivity contribution in [3.05, 3.63) is 76.2 Å². The Balaban J connectivity index is 1.85. The van der Waals surface area contributed by atoms with Gasteiger partial charge >= 0.3 is 5.63 Å². The maximum absolute atomic E-state index is 12.5. The third-order valence-electron chi connectivity index (χ3n) is 4.02. The zero-order valence-electron chi connectivity index (χ0n) is 14.1. The van der Waals surface area contributed by atoms with Gasteiger partial charge in [-0.25, -0.2) is 9.78 Å². The molecule has 0 aliphatic carbocycles. The van der Waals surface area contributed by atoms with Crippen molar-refractivity contribution in [2.75, 3.05) is 12.4 Å². The van der Waals surface area contributed by atoms with Crippen molar-refractivity contribution in [1.82, 2.24) is 9.55 Å². The SMILES string of the molecule is O=c1oc2ccccc2cc1-c1cn(-c2ccc(Cl)cc2)c(SCCO)n1. The van der Waals surface area contributed by atoms with Gasteiger partial charge in [-0.1, -0.05) is 41.6 Å². The van der Waals surface area contributed by atoms with Crippen molar-refractivity contribution in [2.24, 2.45) is 0 Å². The number of aliphatic hydroxyl groups excluding tert-OH is 1. The molecule has 0 spiro atoms. The first-order valence-corrected chi connectivity index (χ1v) is 9.64. The highest BCUT2D eigenvalue weighted by Gasteiger charge is 2.16. The van der Waals surface area contributed by atoms with Crippen LogP contribution in [0.5, 0.6) is 0 Å². The second-order valence-electron chi connectivity index (χ2n) is 5.81. The van der Waals surface area contributed by atoms with Gasteiger partial charge < -0.3 is 9.52 Å². The number of fused-ring (bicyclic) bond motifs is 1. The Kier molecular flexibility index (Phi) is 5.03. The normalized spacial score (nSPS) is 11.2. The number of aliphatic hydroxyl groups is 1. The molecule has 4 rings (SSSR count). The van der Waals surface area contributed by atoms with Gasteiger partial charge in [-0.3, -0.25) is 4.57 Å². The van der Waals surface area contributed by atoms with Gasteiger partial charge in [0, 0.05) is 28.0 Å². The van der Waals surface area contributed by atoms with Gasteiger partial charge in [0.05, 0.1) is 17.9 Å².